The number of nitrogens with zero attached hydrogens (tertiary/aromatic N) is 1. The molecule has 6 heteroatoms. The number of nitrogens with one attached hydrogen (secondary N) is 1. The standard InChI is InChI=1S/C21H30N2O4/c1-24-19-10-9-16(20(25-2)21(19)26-3)14-22-15-17(18-8-7-13-27-18)23-11-5-4-6-12-23/h7-10,13,17,22H,4-6,11-12,14-15H2,1-3H3. The zero-order chi connectivity index (χ0) is 19.1. The zero-order valence-corrected chi connectivity index (χ0v) is 16.5. The van der Waals surface area contributed by atoms with Crippen LogP contribution in [0.15, 0.2) is 34.9 Å². The first-order chi connectivity index (χ1) is 13.3. The smallest absolute Gasteiger partial charge is 0.203 e. The molecule has 3 rings (SSSR count). The fourth-order valence-corrected chi connectivity index (χ4v) is 3.77. The van der Waals surface area contributed by atoms with E-state index < -0.39 is 0 Å². The lowest BCUT2D eigenvalue weighted by atomic mass is 10.1. The van der Waals surface area contributed by atoms with Crippen LogP contribution >= 0.6 is 0 Å². The van der Waals surface area contributed by atoms with Crippen LogP contribution in [0.5, 0.6) is 17.2 Å². The second-order valence-corrected chi connectivity index (χ2v) is 6.75. The molecule has 1 atom stereocenters. The van der Waals surface area contributed by atoms with Gasteiger partial charge in [-0.15, -0.1) is 0 Å². The topological polar surface area (TPSA) is 56.1 Å². The van der Waals surface area contributed by atoms with Gasteiger partial charge in [0.2, 0.25) is 5.75 Å². The van der Waals surface area contributed by atoms with Crippen LogP contribution in [0.3, 0.4) is 0 Å². The largest absolute Gasteiger partial charge is 0.493 e. The Morgan fingerprint density at radius 2 is 1.78 bits per heavy atom. The highest BCUT2D eigenvalue weighted by molar-refractivity contribution is 5.55. The summed E-state index contributed by atoms with van der Waals surface area (Å²) < 4.78 is 22.1. The van der Waals surface area contributed by atoms with Crippen molar-refractivity contribution in [3.8, 4) is 17.2 Å². The molecule has 1 aromatic heterocycles. The first-order valence-corrected chi connectivity index (χ1v) is 9.54. The molecular formula is C21H30N2O4. The number of rotatable bonds is 9. The summed E-state index contributed by atoms with van der Waals surface area (Å²) in [6, 6.07) is 8.19. The van der Waals surface area contributed by atoms with Gasteiger partial charge >= 0.3 is 0 Å². The Morgan fingerprint density at radius 3 is 2.41 bits per heavy atom. The van der Waals surface area contributed by atoms with Gasteiger partial charge in [0.25, 0.3) is 0 Å². The van der Waals surface area contributed by atoms with E-state index in [4.69, 9.17) is 18.6 Å². The Morgan fingerprint density at radius 1 is 1.00 bits per heavy atom. The number of hydrogen-bond acceptors (Lipinski definition) is 6. The average Bonchev–Trinajstić information content (AvgIpc) is 3.25. The Balaban J connectivity index is 1.70. The minimum Gasteiger partial charge on any atom is -0.493 e. The number of ether oxygens (including phenoxy) is 3. The molecule has 1 aliphatic heterocycles. The molecule has 1 aromatic carbocycles. The number of furan rings is 1. The summed E-state index contributed by atoms with van der Waals surface area (Å²) in [5, 5.41) is 3.57. The van der Waals surface area contributed by atoms with E-state index >= 15 is 0 Å². The molecule has 0 aliphatic carbocycles. The maximum absolute atomic E-state index is 5.72. The normalized spacial score (nSPS) is 16.1. The predicted octanol–water partition coefficient (Wildman–Crippen LogP) is 3.62. The lowest BCUT2D eigenvalue weighted by Crippen LogP contribution is -2.38. The highest BCUT2D eigenvalue weighted by Crippen LogP contribution is 2.39. The van der Waals surface area contributed by atoms with Crippen LogP contribution in [-0.2, 0) is 6.54 Å². The van der Waals surface area contributed by atoms with Gasteiger partial charge in [-0.3, -0.25) is 4.90 Å². The fraction of sp³-hybridized carbons (Fsp3) is 0.524. The van der Waals surface area contributed by atoms with Crippen LogP contribution in [0.4, 0.5) is 0 Å². The van der Waals surface area contributed by atoms with Crippen LogP contribution < -0.4 is 19.5 Å². The van der Waals surface area contributed by atoms with Gasteiger partial charge in [0.15, 0.2) is 11.5 Å². The molecule has 2 aromatic rings. The molecule has 0 bridgehead atoms. The number of likely N-dealkylation sites (tertiary alicyclic amines) is 1. The third-order valence-corrected chi connectivity index (χ3v) is 5.14. The Bertz CT molecular complexity index is 696. The summed E-state index contributed by atoms with van der Waals surface area (Å²) in [6.45, 7) is 3.72. The van der Waals surface area contributed by atoms with Crippen molar-refractivity contribution in [2.24, 2.45) is 0 Å². The summed E-state index contributed by atoms with van der Waals surface area (Å²) in [5.74, 6) is 3.01. The molecule has 0 saturated carbocycles. The summed E-state index contributed by atoms with van der Waals surface area (Å²) in [4.78, 5) is 2.52. The third kappa shape index (κ3) is 4.57. The number of methoxy groups -OCH3 is 3. The van der Waals surface area contributed by atoms with Gasteiger partial charge in [-0.2, -0.15) is 0 Å². The molecule has 1 saturated heterocycles. The maximum atomic E-state index is 5.72. The fourth-order valence-electron chi connectivity index (χ4n) is 3.77. The van der Waals surface area contributed by atoms with Gasteiger partial charge in [0.1, 0.15) is 5.76 Å². The molecule has 1 N–H and O–H groups in total. The average molecular weight is 374 g/mol. The van der Waals surface area contributed by atoms with Gasteiger partial charge in [-0.1, -0.05) is 12.5 Å². The zero-order valence-electron chi connectivity index (χ0n) is 16.5. The first kappa shape index (κ1) is 19.6. The van der Waals surface area contributed by atoms with Crippen LogP contribution in [0, 0.1) is 0 Å². The second kappa shape index (κ2) is 9.67. The third-order valence-electron chi connectivity index (χ3n) is 5.14. The van der Waals surface area contributed by atoms with Crippen molar-refractivity contribution < 1.29 is 18.6 Å². The molecule has 27 heavy (non-hydrogen) atoms. The molecule has 1 unspecified atom stereocenters. The molecular weight excluding hydrogens is 344 g/mol. The summed E-state index contributed by atoms with van der Waals surface area (Å²) >= 11 is 0. The summed E-state index contributed by atoms with van der Waals surface area (Å²) in [6.07, 6.45) is 5.57. The van der Waals surface area contributed by atoms with E-state index in [1.165, 1.54) is 19.3 Å². The first-order valence-electron chi connectivity index (χ1n) is 9.54. The van der Waals surface area contributed by atoms with Crippen molar-refractivity contribution >= 4 is 0 Å². The Labute approximate surface area is 161 Å². The van der Waals surface area contributed by atoms with Crippen LogP contribution in [-0.4, -0.2) is 45.9 Å². The highest BCUT2D eigenvalue weighted by Gasteiger charge is 2.24. The molecule has 0 spiro atoms. The van der Waals surface area contributed by atoms with Gasteiger partial charge in [-0.25, -0.2) is 0 Å². The molecule has 0 amide bonds. The molecule has 1 fully saturated rings. The molecule has 148 valence electrons. The van der Waals surface area contributed by atoms with E-state index in [9.17, 15) is 0 Å². The molecule has 6 nitrogen and oxygen atoms in total. The van der Waals surface area contributed by atoms with Crippen molar-refractivity contribution in [3.05, 3.63) is 41.9 Å². The van der Waals surface area contributed by atoms with Crippen molar-refractivity contribution in [2.45, 2.75) is 31.8 Å². The number of benzene rings is 1. The highest BCUT2D eigenvalue weighted by atomic mass is 16.5. The van der Waals surface area contributed by atoms with E-state index in [1.807, 2.05) is 18.2 Å². The van der Waals surface area contributed by atoms with Crippen LogP contribution in [0.2, 0.25) is 0 Å². The van der Waals surface area contributed by atoms with Gasteiger partial charge in [-0.05, 0) is 44.1 Å². The van der Waals surface area contributed by atoms with E-state index in [2.05, 4.69) is 16.3 Å². The van der Waals surface area contributed by atoms with E-state index in [0.717, 1.165) is 31.0 Å². The van der Waals surface area contributed by atoms with Crippen molar-refractivity contribution in [3.63, 3.8) is 0 Å². The maximum Gasteiger partial charge on any atom is 0.203 e. The van der Waals surface area contributed by atoms with Crippen molar-refractivity contribution in [1.82, 2.24) is 10.2 Å². The van der Waals surface area contributed by atoms with Crippen molar-refractivity contribution in [2.75, 3.05) is 41.0 Å². The monoisotopic (exact) mass is 374 g/mol. The summed E-state index contributed by atoms with van der Waals surface area (Å²) in [5.41, 5.74) is 1.03. The van der Waals surface area contributed by atoms with Crippen LogP contribution in [0.1, 0.15) is 36.6 Å². The lowest BCUT2D eigenvalue weighted by Gasteiger charge is -2.33. The molecule has 2 heterocycles. The SMILES string of the molecule is COc1ccc(CNCC(c2ccco2)N2CCCCC2)c(OC)c1OC. The predicted molar refractivity (Wildman–Crippen MR) is 105 cm³/mol. The lowest BCUT2D eigenvalue weighted by molar-refractivity contribution is 0.142. The minimum absolute atomic E-state index is 0.242. The number of piperidine rings is 1. The van der Waals surface area contributed by atoms with Crippen LogP contribution in [0.25, 0.3) is 0 Å². The Kier molecular flexibility index (Phi) is 7.01. The number of hydrogen-bond donors (Lipinski definition) is 1. The van der Waals surface area contributed by atoms with Crippen molar-refractivity contribution in [1.29, 1.82) is 0 Å². The van der Waals surface area contributed by atoms with Gasteiger partial charge < -0.3 is 23.9 Å². The molecule has 1 aliphatic rings. The minimum atomic E-state index is 0.242. The van der Waals surface area contributed by atoms with Gasteiger partial charge in [0.05, 0.1) is 33.6 Å². The summed E-state index contributed by atoms with van der Waals surface area (Å²) in [7, 11) is 4.91. The second-order valence-electron chi connectivity index (χ2n) is 6.75. The van der Waals surface area contributed by atoms with E-state index in [1.54, 1.807) is 27.6 Å². The van der Waals surface area contributed by atoms with Gasteiger partial charge in [0, 0.05) is 18.7 Å². The molecule has 0 radical (unpaired) electrons. The quantitative estimate of drug-likeness (QED) is 0.723. The Hall–Kier alpha value is -2.18. The van der Waals surface area contributed by atoms with E-state index in [0.29, 0.717) is 23.8 Å². The van der Waals surface area contributed by atoms with E-state index in [-0.39, 0.29) is 6.04 Å².